The van der Waals surface area contributed by atoms with Gasteiger partial charge in [0.1, 0.15) is 0 Å². The van der Waals surface area contributed by atoms with Crippen LogP contribution in [0.2, 0.25) is 0 Å². The Kier molecular flexibility index (Phi) is 4.46. The summed E-state index contributed by atoms with van der Waals surface area (Å²) < 4.78 is 9.80. The van der Waals surface area contributed by atoms with Crippen molar-refractivity contribution in [1.82, 2.24) is 4.37 Å². The number of rotatable bonds is 6. The molecule has 0 saturated carbocycles. The summed E-state index contributed by atoms with van der Waals surface area (Å²) in [6, 6.07) is 5.35. The van der Waals surface area contributed by atoms with Crippen molar-refractivity contribution in [3.8, 4) is 0 Å². The number of carboxylic acids is 1. The first-order chi connectivity index (χ1) is 9.52. The monoisotopic (exact) mass is 292 g/mol. The average molecular weight is 292 g/mol. The van der Waals surface area contributed by atoms with Crippen molar-refractivity contribution in [2.75, 3.05) is 13.7 Å². The van der Waals surface area contributed by atoms with E-state index in [4.69, 9.17) is 15.3 Å². The zero-order valence-corrected chi connectivity index (χ0v) is 12.2. The third-order valence-electron chi connectivity index (χ3n) is 3.03. The van der Waals surface area contributed by atoms with Crippen LogP contribution in [0, 0.1) is 11.3 Å². The molecule has 6 heteroatoms. The zero-order valence-electron chi connectivity index (χ0n) is 11.3. The Balaban J connectivity index is 2.24. The van der Waals surface area contributed by atoms with Gasteiger partial charge < -0.3 is 15.3 Å². The van der Waals surface area contributed by atoms with Crippen molar-refractivity contribution >= 4 is 33.3 Å². The number of methoxy groups -OCH3 is 1. The molecule has 2 rings (SSSR count). The van der Waals surface area contributed by atoms with Gasteiger partial charge in [0.25, 0.3) is 0 Å². The molecule has 0 bridgehead atoms. The van der Waals surface area contributed by atoms with Crippen molar-refractivity contribution in [2.45, 2.75) is 13.3 Å². The molecule has 2 N–H and O–H groups in total. The molecular formula is C14H16N2O3S. The van der Waals surface area contributed by atoms with Crippen LogP contribution in [0.25, 0.3) is 10.1 Å². The van der Waals surface area contributed by atoms with Gasteiger partial charge in [-0.05, 0) is 35.5 Å². The van der Waals surface area contributed by atoms with E-state index in [1.807, 2.05) is 13.0 Å². The van der Waals surface area contributed by atoms with Crippen molar-refractivity contribution in [1.29, 1.82) is 5.41 Å². The van der Waals surface area contributed by atoms with Gasteiger partial charge in [-0.2, -0.15) is 4.37 Å². The highest BCUT2D eigenvalue weighted by Gasteiger charge is 2.14. The number of aromatic carboxylic acids is 1. The van der Waals surface area contributed by atoms with Gasteiger partial charge in [-0.25, -0.2) is 4.79 Å². The minimum Gasteiger partial charge on any atom is -0.476 e. The molecule has 0 spiro atoms. The van der Waals surface area contributed by atoms with E-state index in [1.165, 1.54) is 0 Å². The Labute approximate surface area is 120 Å². The predicted molar refractivity (Wildman–Crippen MR) is 79.1 cm³/mol. The van der Waals surface area contributed by atoms with Gasteiger partial charge in [0, 0.05) is 24.8 Å². The first kappa shape index (κ1) is 14.6. The molecule has 0 aliphatic heterocycles. The molecule has 0 aliphatic rings. The van der Waals surface area contributed by atoms with E-state index in [1.54, 1.807) is 19.2 Å². The molecule has 0 amide bonds. The lowest BCUT2D eigenvalue weighted by atomic mass is 9.99. The number of ether oxygens (including phenoxy) is 1. The van der Waals surface area contributed by atoms with Gasteiger partial charge in [0.05, 0.1) is 4.70 Å². The molecule has 1 heterocycles. The lowest BCUT2D eigenvalue weighted by Crippen LogP contribution is -2.10. The van der Waals surface area contributed by atoms with E-state index in [0.29, 0.717) is 24.1 Å². The molecule has 1 aromatic heterocycles. The molecule has 1 aromatic carbocycles. The zero-order chi connectivity index (χ0) is 14.7. The SMILES string of the molecule is COCC(C)CC(=N)c1ccc2c(C(=O)O)nsc2c1. The summed E-state index contributed by atoms with van der Waals surface area (Å²) in [6.45, 7) is 2.65. The maximum absolute atomic E-state index is 11.0. The van der Waals surface area contributed by atoms with Crippen LogP contribution in [0.4, 0.5) is 0 Å². The van der Waals surface area contributed by atoms with Crippen molar-refractivity contribution in [3.05, 3.63) is 29.5 Å². The van der Waals surface area contributed by atoms with E-state index >= 15 is 0 Å². The van der Waals surface area contributed by atoms with Crippen LogP contribution in [-0.4, -0.2) is 34.9 Å². The highest BCUT2D eigenvalue weighted by molar-refractivity contribution is 7.13. The number of fused-ring (bicyclic) bond motifs is 1. The molecule has 2 aromatic rings. The smallest absolute Gasteiger partial charge is 0.356 e. The number of carboxylic acid groups (broad SMARTS) is 1. The summed E-state index contributed by atoms with van der Waals surface area (Å²) in [5.41, 5.74) is 1.42. The molecule has 106 valence electrons. The van der Waals surface area contributed by atoms with Gasteiger partial charge in [-0.3, -0.25) is 0 Å². The highest BCUT2D eigenvalue weighted by Crippen LogP contribution is 2.25. The normalized spacial score (nSPS) is 12.5. The van der Waals surface area contributed by atoms with Crippen LogP contribution in [0.15, 0.2) is 18.2 Å². The second kappa shape index (κ2) is 6.11. The largest absolute Gasteiger partial charge is 0.476 e. The fourth-order valence-corrected chi connectivity index (χ4v) is 2.90. The quantitative estimate of drug-likeness (QED) is 0.802. The van der Waals surface area contributed by atoms with Gasteiger partial charge in [0.2, 0.25) is 0 Å². The maximum Gasteiger partial charge on any atom is 0.356 e. The Morgan fingerprint density at radius 2 is 2.30 bits per heavy atom. The molecule has 1 atom stereocenters. The van der Waals surface area contributed by atoms with Gasteiger partial charge >= 0.3 is 5.97 Å². The number of nitrogens with one attached hydrogen (secondary N) is 1. The predicted octanol–water partition coefficient (Wildman–Crippen LogP) is 3.03. The van der Waals surface area contributed by atoms with Crippen molar-refractivity contribution < 1.29 is 14.6 Å². The number of nitrogens with zero attached hydrogens (tertiary/aromatic N) is 1. The first-order valence-electron chi connectivity index (χ1n) is 6.22. The molecule has 0 aliphatic carbocycles. The van der Waals surface area contributed by atoms with E-state index in [2.05, 4.69) is 4.37 Å². The third kappa shape index (κ3) is 3.02. The maximum atomic E-state index is 11.0. The molecule has 5 nitrogen and oxygen atoms in total. The molecule has 0 fully saturated rings. The summed E-state index contributed by atoms with van der Waals surface area (Å²) in [7, 11) is 1.65. The fraction of sp³-hybridized carbons (Fsp3) is 0.357. The van der Waals surface area contributed by atoms with Crippen LogP contribution in [0.3, 0.4) is 0 Å². The second-order valence-corrected chi connectivity index (χ2v) is 5.60. The topological polar surface area (TPSA) is 83.3 Å². The molecule has 1 unspecified atom stereocenters. The van der Waals surface area contributed by atoms with Gasteiger partial charge in [0.15, 0.2) is 5.69 Å². The van der Waals surface area contributed by atoms with Crippen LogP contribution in [0.1, 0.15) is 29.4 Å². The minimum atomic E-state index is -1.02. The van der Waals surface area contributed by atoms with E-state index in [0.717, 1.165) is 21.8 Å². The Bertz CT molecular complexity index is 651. The van der Waals surface area contributed by atoms with Crippen LogP contribution >= 0.6 is 11.5 Å². The van der Waals surface area contributed by atoms with Crippen molar-refractivity contribution in [2.24, 2.45) is 5.92 Å². The number of carbonyl (C=O) groups is 1. The van der Waals surface area contributed by atoms with Gasteiger partial charge in [-0.1, -0.05) is 19.1 Å². The third-order valence-corrected chi connectivity index (χ3v) is 3.84. The lowest BCUT2D eigenvalue weighted by molar-refractivity contribution is 0.0694. The Hall–Kier alpha value is -1.79. The number of benzene rings is 1. The van der Waals surface area contributed by atoms with E-state index in [-0.39, 0.29) is 11.6 Å². The Morgan fingerprint density at radius 1 is 1.55 bits per heavy atom. The summed E-state index contributed by atoms with van der Waals surface area (Å²) in [5, 5.41) is 17.8. The summed E-state index contributed by atoms with van der Waals surface area (Å²) >= 11 is 1.15. The number of aromatic nitrogens is 1. The molecule has 20 heavy (non-hydrogen) atoms. The van der Waals surface area contributed by atoms with Crippen LogP contribution < -0.4 is 0 Å². The molecule has 0 radical (unpaired) electrons. The molecular weight excluding hydrogens is 276 g/mol. The summed E-state index contributed by atoms with van der Waals surface area (Å²) in [5.74, 6) is -0.743. The van der Waals surface area contributed by atoms with E-state index < -0.39 is 5.97 Å². The van der Waals surface area contributed by atoms with Crippen LogP contribution in [-0.2, 0) is 4.74 Å². The summed E-state index contributed by atoms with van der Waals surface area (Å²) in [4.78, 5) is 11.0. The van der Waals surface area contributed by atoms with E-state index in [9.17, 15) is 4.79 Å². The Morgan fingerprint density at radius 3 is 2.95 bits per heavy atom. The molecule has 0 saturated heterocycles. The van der Waals surface area contributed by atoms with Crippen LogP contribution in [0.5, 0.6) is 0 Å². The average Bonchev–Trinajstić information content (AvgIpc) is 2.81. The standard InChI is InChI=1S/C14H16N2O3S/c1-8(7-19-2)5-11(15)9-3-4-10-12(6-9)20-16-13(10)14(17)18/h3-4,6,8,15H,5,7H2,1-2H3,(H,17,18). The minimum absolute atomic E-state index is 0.0795. The van der Waals surface area contributed by atoms with Crippen molar-refractivity contribution in [3.63, 3.8) is 0 Å². The summed E-state index contributed by atoms with van der Waals surface area (Å²) in [6.07, 6.45) is 0.629. The second-order valence-electron chi connectivity index (χ2n) is 4.79. The first-order valence-corrected chi connectivity index (χ1v) is 6.99. The van der Waals surface area contributed by atoms with Gasteiger partial charge in [-0.15, -0.1) is 0 Å². The number of hydrogen-bond donors (Lipinski definition) is 2. The lowest BCUT2D eigenvalue weighted by Gasteiger charge is -2.11. The highest BCUT2D eigenvalue weighted by atomic mass is 32.1. The fourth-order valence-electron chi connectivity index (χ4n) is 2.09. The number of hydrogen-bond acceptors (Lipinski definition) is 5.